The minimum absolute atomic E-state index is 0. The molecule has 2 heterocycles. The van der Waals surface area contributed by atoms with Crippen molar-refractivity contribution in [2.75, 3.05) is 26.7 Å². The van der Waals surface area contributed by atoms with Crippen LogP contribution in [-0.4, -0.2) is 37.6 Å². The van der Waals surface area contributed by atoms with Gasteiger partial charge in [-0.05, 0) is 30.8 Å². The molecule has 2 atom stereocenters. The minimum Gasteiger partial charge on any atom is -0.662 e. The Labute approximate surface area is 142 Å². The van der Waals surface area contributed by atoms with Crippen molar-refractivity contribution < 1.29 is 21.1 Å². The average molecular weight is 453 g/mol. The van der Waals surface area contributed by atoms with Crippen LogP contribution in [0, 0.1) is 16.7 Å². The molecule has 0 N–H and O–H groups in total. The molecule has 2 aliphatic heterocycles. The average Bonchev–Trinajstić information content (AvgIpc) is 2.65. The van der Waals surface area contributed by atoms with E-state index < -0.39 is 0 Å². The van der Waals surface area contributed by atoms with Gasteiger partial charge >= 0.3 is 0 Å². The Kier molecular flexibility index (Phi) is 10.2. The van der Waals surface area contributed by atoms with Crippen molar-refractivity contribution in [2.45, 2.75) is 67.9 Å². The van der Waals surface area contributed by atoms with Crippen molar-refractivity contribution >= 4 is 0 Å². The van der Waals surface area contributed by atoms with Crippen molar-refractivity contribution in [1.82, 2.24) is 4.90 Å². The summed E-state index contributed by atoms with van der Waals surface area (Å²) in [4.78, 5) is 2.43. The first-order valence-electron chi connectivity index (χ1n) is 7.46. The van der Waals surface area contributed by atoms with E-state index in [9.17, 15) is 0 Å². The van der Waals surface area contributed by atoms with E-state index >= 15 is 0 Å². The molecular weight excluding hydrogens is 416 g/mol. The van der Waals surface area contributed by atoms with Gasteiger partial charge in [0.05, 0.1) is 0 Å². The summed E-state index contributed by atoms with van der Waals surface area (Å²) in [6, 6.07) is 0.831. The predicted octanol–water partition coefficient (Wildman–Crippen LogP) is 4.80. The number of rotatable bonds is 0. The molecule has 0 saturated carbocycles. The number of hydrogen-bond acceptors (Lipinski definition) is 1. The fraction of sp³-hybridized carbons (Fsp3) is 1.00. The van der Waals surface area contributed by atoms with Gasteiger partial charge < -0.3 is 10.2 Å². The van der Waals surface area contributed by atoms with Crippen LogP contribution in [0.5, 0.6) is 0 Å². The third-order valence-electron chi connectivity index (χ3n) is 4.50. The summed E-state index contributed by atoms with van der Waals surface area (Å²) in [6.45, 7) is 17.3. The topological polar surface area (TPSA) is 17.3 Å². The molecule has 2 rings (SSSR count). The van der Waals surface area contributed by atoms with Crippen LogP contribution in [-0.2, 0) is 21.1 Å². The van der Waals surface area contributed by atoms with E-state index in [0.29, 0.717) is 10.8 Å². The Balaban J connectivity index is 0. The summed E-state index contributed by atoms with van der Waals surface area (Å²) in [6.07, 6.45) is 2.70. The maximum absolute atomic E-state index is 4.33. The molecule has 2 aliphatic rings. The van der Waals surface area contributed by atoms with Crippen molar-refractivity contribution in [3.8, 4) is 0 Å². The third-order valence-corrected chi connectivity index (χ3v) is 4.50. The van der Waals surface area contributed by atoms with Gasteiger partial charge in [-0.2, -0.15) is 0 Å². The summed E-state index contributed by atoms with van der Waals surface area (Å²) < 4.78 is 0. The summed E-state index contributed by atoms with van der Waals surface area (Å²) in [7, 11) is 2.21. The number of hydrogen-bond donors (Lipinski definition) is 0. The van der Waals surface area contributed by atoms with Gasteiger partial charge in [0.1, 0.15) is 0 Å². The van der Waals surface area contributed by atoms with E-state index in [4.69, 9.17) is 0 Å². The van der Waals surface area contributed by atoms with Gasteiger partial charge in [-0.3, -0.25) is 0 Å². The summed E-state index contributed by atoms with van der Waals surface area (Å²) >= 11 is 0. The maximum atomic E-state index is 4.33. The van der Waals surface area contributed by atoms with Gasteiger partial charge in [-0.25, -0.2) is 0 Å². The molecule has 0 radical (unpaired) electrons. The minimum atomic E-state index is 0. The summed E-state index contributed by atoms with van der Waals surface area (Å²) in [5.74, 6) is 0.845. The van der Waals surface area contributed by atoms with Gasteiger partial charge in [0.25, 0.3) is 0 Å². The predicted molar refractivity (Wildman–Crippen MR) is 87.9 cm³/mol. The molecule has 0 aliphatic carbocycles. The van der Waals surface area contributed by atoms with E-state index in [0.717, 1.165) is 25.0 Å². The zero-order chi connectivity index (χ0) is 14.0. The van der Waals surface area contributed by atoms with Crippen LogP contribution in [0.4, 0.5) is 0 Å². The van der Waals surface area contributed by atoms with Crippen molar-refractivity contribution in [3.05, 3.63) is 5.32 Å². The number of nitrogens with zero attached hydrogens (tertiary/aromatic N) is 2. The first-order valence-corrected chi connectivity index (χ1v) is 7.46. The summed E-state index contributed by atoms with van der Waals surface area (Å²) in [5.41, 5.74) is 0.979. The van der Waals surface area contributed by atoms with E-state index in [1.807, 2.05) is 0 Å². The summed E-state index contributed by atoms with van der Waals surface area (Å²) in [5, 5.41) is 4.33. The molecule has 0 aromatic heterocycles. The molecule has 3 heteroatoms. The zero-order valence-corrected chi connectivity index (χ0v) is 16.9. The van der Waals surface area contributed by atoms with Crippen LogP contribution in [0.2, 0.25) is 0 Å². The molecule has 0 aromatic carbocycles. The SMILES string of the molecule is C.CC(C)(C)C1CC[N-]C1.CN1CCC1C(C)(C)C.[W]. The Hall–Kier alpha value is 0.608. The molecular formula is C17H37N2W-. The molecule has 20 heavy (non-hydrogen) atoms. The molecule has 122 valence electrons. The normalized spacial score (nSPS) is 26.6. The molecule has 0 bridgehead atoms. The second kappa shape index (κ2) is 8.91. The van der Waals surface area contributed by atoms with Crippen LogP contribution >= 0.6 is 0 Å². The van der Waals surface area contributed by atoms with Crippen LogP contribution in [0.3, 0.4) is 0 Å². The van der Waals surface area contributed by atoms with E-state index in [1.165, 1.54) is 19.4 Å². The van der Waals surface area contributed by atoms with Crippen LogP contribution < -0.4 is 0 Å². The Morgan fingerprint density at radius 3 is 1.60 bits per heavy atom. The Morgan fingerprint density at radius 1 is 0.950 bits per heavy atom. The second-order valence-electron chi connectivity index (χ2n) is 8.13. The molecule has 2 saturated heterocycles. The second-order valence-corrected chi connectivity index (χ2v) is 8.13. The van der Waals surface area contributed by atoms with Gasteiger partial charge in [0, 0.05) is 27.1 Å². The van der Waals surface area contributed by atoms with E-state index in [-0.39, 0.29) is 28.5 Å². The van der Waals surface area contributed by atoms with Gasteiger partial charge in [0.2, 0.25) is 0 Å². The van der Waals surface area contributed by atoms with Crippen molar-refractivity contribution in [1.29, 1.82) is 0 Å². The smallest absolute Gasteiger partial charge is 0.0153 e. The largest absolute Gasteiger partial charge is 0.662 e. The van der Waals surface area contributed by atoms with Gasteiger partial charge in [-0.1, -0.05) is 61.3 Å². The van der Waals surface area contributed by atoms with Crippen LogP contribution in [0.25, 0.3) is 5.32 Å². The number of likely N-dealkylation sites (tertiary alicyclic amines) is 1. The molecule has 0 aromatic rings. The van der Waals surface area contributed by atoms with Crippen LogP contribution in [0.15, 0.2) is 0 Å². The van der Waals surface area contributed by atoms with Crippen molar-refractivity contribution in [2.24, 2.45) is 16.7 Å². The zero-order valence-electron chi connectivity index (χ0n) is 14.0. The molecule has 2 unspecified atom stereocenters. The van der Waals surface area contributed by atoms with E-state index in [1.54, 1.807) is 0 Å². The maximum Gasteiger partial charge on any atom is 0.0153 e. The van der Waals surface area contributed by atoms with E-state index in [2.05, 4.69) is 58.8 Å². The quantitative estimate of drug-likeness (QED) is 0.516. The molecule has 0 amide bonds. The standard InChI is InChI=1S/C8H17N.C8H16N.CH4.W/c1-8(2,3)7-5-6-9(7)4;1-8(2,3)7-4-5-9-6-7;;/h7H,5-6H2,1-4H3;7H,4-6H2,1-3H3;1H4;/q;-1;;. The first-order chi connectivity index (χ1) is 8.12. The Bertz CT molecular complexity index is 235. The fourth-order valence-electron chi connectivity index (χ4n) is 2.90. The molecule has 2 fully saturated rings. The fourth-order valence-corrected chi connectivity index (χ4v) is 2.90. The van der Waals surface area contributed by atoms with Gasteiger partial charge in [-0.15, -0.1) is 13.1 Å². The third kappa shape index (κ3) is 7.05. The Morgan fingerprint density at radius 2 is 1.50 bits per heavy atom. The van der Waals surface area contributed by atoms with Crippen LogP contribution in [0.1, 0.15) is 61.8 Å². The van der Waals surface area contributed by atoms with Crippen molar-refractivity contribution in [3.63, 3.8) is 0 Å². The van der Waals surface area contributed by atoms with Gasteiger partial charge in [0.15, 0.2) is 0 Å². The molecule has 0 spiro atoms. The molecule has 2 nitrogen and oxygen atoms in total. The monoisotopic (exact) mass is 453 g/mol. The first kappa shape index (κ1) is 22.9.